The second kappa shape index (κ2) is 5.64. The first kappa shape index (κ1) is 15.2. The fraction of sp³-hybridized carbons (Fsp3) is 0.143. The summed E-state index contributed by atoms with van der Waals surface area (Å²) in [5.41, 5.74) is 2.49. The second-order valence-corrected chi connectivity index (χ2v) is 7.05. The SMILES string of the molecule is Cc1cc(C)cc(NS(=O)(=O)c2ccc(Cl)c(Cl)c2)c1. The Hall–Kier alpha value is -1.23. The molecule has 2 rings (SSSR count). The highest BCUT2D eigenvalue weighted by Crippen LogP contribution is 2.26. The van der Waals surface area contributed by atoms with Crippen molar-refractivity contribution >= 4 is 38.9 Å². The summed E-state index contributed by atoms with van der Waals surface area (Å²) in [5, 5.41) is 0.520. The molecule has 0 bridgehead atoms. The van der Waals surface area contributed by atoms with Crippen molar-refractivity contribution in [2.75, 3.05) is 4.72 Å². The Kier molecular flexibility index (Phi) is 4.28. The van der Waals surface area contributed by atoms with Crippen LogP contribution in [0.1, 0.15) is 11.1 Å². The first-order valence-electron chi connectivity index (χ1n) is 5.84. The van der Waals surface area contributed by atoms with Gasteiger partial charge in [0.1, 0.15) is 0 Å². The van der Waals surface area contributed by atoms with Crippen molar-refractivity contribution < 1.29 is 8.42 Å². The van der Waals surface area contributed by atoms with Crippen LogP contribution in [0.5, 0.6) is 0 Å². The Labute approximate surface area is 128 Å². The van der Waals surface area contributed by atoms with E-state index in [9.17, 15) is 8.42 Å². The van der Waals surface area contributed by atoms with Gasteiger partial charge in [-0.1, -0.05) is 29.3 Å². The van der Waals surface area contributed by atoms with Crippen molar-refractivity contribution in [3.8, 4) is 0 Å². The maximum absolute atomic E-state index is 12.3. The third-order valence-corrected chi connectivity index (χ3v) is 4.79. The molecule has 0 saturated carbocycles. The first-order chi connectivity index (χ1) is 9.28. The molecule has 106 valence electrons. The smallest absolute Gasteiger partial charge is 0.261 e. The van der Waals surface area contributed by atoms with E-state index in [1.165, 1.54) is 18.2 Å². The molecule has 1 N–H and O–H groups in total. The topological polar surface area (TPSA) is 46.2 Å². The van der Waals surface area contributed by atoms with Crippen LogP contribution >= 0.6 is 23.2 Å². The van der Waals surface area contributed by atoms with Crippen LogP contribution in [0.15, 0.2) is 41.3 Å². The van der Waals surface area contributed by atoms with E-state index in [4.69, 9.17) is 23.2 Å². The maximum Gasteiger partial charge on any atom is 0.261 e. The molecule has 0 unspecified atom stereocenters. The molecule has 0 aliphatic heterocycles. The molecule has 0 amide bonds. The van der Waals surface area contributed by atoms with Crippen LogP contribution in [-0.4, -0.2) is 8.42 Å². The molecule has 0 fully saturated rings. The third kappa shape index (κ3) is 3.45. The molecule has 0 radical (unpaired) electrons. The van der Waals surface area contributed by atoms with Crippen LogP contribution in [0.3, 0.4) is 0 Å². The largest absolute Gasteiger partial charge is 0.280 e. The van der Waals surface area contributed by atoms with Gasteiger partial charge in [-0.05, 0) is 55.3 Å². The van der Waals surface area contributed by atoms with Crippen LogP contribution in [-0.2, 0) is 10.0 Å². The highest BCUT2D eigenvalue weighted by molar-refractivity contribution is 7.92. The molecule has 0 aliphatic rings. The van der Waals surface area contributed by atoms with Crippen LogP contribution < -0.4 is 4.72 Å². The van der Waals surface area contributed by atoms with E-state index < -0.39 is 10.0 Å². The van der Waals surface area contributed by atoms with Gasteiger partial charge in [0.2, 0.25) is 0 Å². The molecule has 20 heavy (non-hydrogen) atoms. The van der Waals surface area contributed by atoms with Gasteiger partial charge in [-0.2, -0.15) is 0 Å². The summed E-state index contributed by atoms with van der Waals surface area (Å²) in [4.78, 5) is 0.0751. The molecular formula is C14H13Cl2NO2S. The molecule has 6 heteroatoms. The average molecular weight is 330 g/mol. The summed E-state index contributed by atoms with van der Waals surface area (Å²) in [5.74, 6) is 0. The van der Waals surface area contributed by atoms with Gasteiger partial charge in [0.15, 0.2) is 0 Å². The highest BCUT2D eigenvalue weighted by atomic mass is 35.5. The Morgan fingerprint density at radius 1 is 0.900 bits per heavy atom. The lowest BCUT2D eigenvalue weighted by Gasteiger charge is -2.10. The van der Waals surface area contributed by atoms with Crippen molar-refractivity contribution in [3.05, 3.63) is 57.6 Å². The number of rotatable bonds is 3. The van der Waals surface area contributed by atoms with Gasteiger partial charge in [0.05, 0.1) is 14.9 Å². The Morgan fingerprint density at radius 2 is 1.50 bits per heavy atom. The number of hydrogen-bond donors (Lipinski definition) is 1. The van der Waals surface area contributed by atoms with Gasteiger partial charge in [-0.3, -0.25) is 4.72 Å². The van der Waals surface area contributed by atoms with Crippen LogP contribution in [0, 0.1) is 13.8 Å². The van der Waals surface area contributed by atoms with Crippen molar-refractivity contribution in [3.63, 3.8) is 0 Å². The van der Waals surface area contributed by atoms with E-state index in [0.717, 1.165) is 11.1 Å². The van der Waals surface area contributed by atoms with E-state index in [-0.39, 0.29) is 9.92 Å². The minimum absolute atomic E-state index is 0.0751. The molecule has 0 aliphatic carbocycles. The zero-order valence-electron chi connectivity index (χ0n) is 10.9. The minimum Gasteiger partial charge on any atom is -0.280 e. The number of sulfonamides is 1. The fourth-order valence-electron chi connectivity index (χ4n) is 1.89. The number of nitrogens with one attached hydrogen (secondary N) is 1. The molecule has 0 heterocycles. The average Bonchev–Trinajstić information content (AvgIpc) is 2.30. The summed E-state index contributed by atoms with van der Waals surface area (Å²) >= 11 is 11.6. The van der Waals surface area contributed by atoms with Crippen LogP contribution in [0.4, 0.5) is 5.69 Å². The lowest BCUT2D eigenvalue weighted by molar-refractivity contribution is 0.601. The highest BCUT2D eigenvalue weighted by Gasteiger charge is 2.15. The van der Waals surface area contributed by atoms with E-state index in [1.807, 2.05) is 19.9 Å². The predicted octanol–water partition coefficient (Wildman–Crippen LogP) is 4.41. The van der Waals surface area contributed by atoms with Crippen molar-refractivity contribution in [2.45, 2.75) is 18.7 Å². The maximum atomic E-state index is 12.3. The quantitative estimate of drug-likeness (QED) is 0.906. The van der Waals surface area contributed by atoms with E-state index in [1.54, 1.807) is 12.1 Å². The van der Waals surface area contributed by atoms with Crippen LogP contribution in [0.2, 0.25) is 10.0 Å². The van der Waals surface area contributed by atoms with Crippen molar-refractivity contribution in [1.29, 1.82) is 0 Å². The standard InChI is InChI=1S/C14H13Cl2NO2S/c1-9-5-10(2)7-11(6-9)17-20(18,19)12-3-4-13(15)14(16)8-12/h3-8,17H,1-2H3. The van der Waals surface area contributed by atoms with E-state index >= 15 is 0 Å². The molecule has 0 spiro atoms. The Morgan fingerprint density at radius 3 is 2.05 bits per heavy atom. The van der Waals surface area contributed by atoms with Gasteiger partial charge in [-0.15, -0.1) is 0 Å². The first-order valence-corrected chi connectivity index (χ1v) is 8.08. The molecule has 2 aromatic rings. The lowest BCUT2D eigenvalue weighted by Crippen LogP contribution is -2.13. The zero-order valence-corrected chi connectivity index (χ0v) is 13.3. The summed E-state index contributed by atoms with van der Waals surface area (Å²) in [6, 6.07) is 9.70. The lowest BCUT2D eigenvalue weighted by atomic mass is 10.1. The number of aryl methyl sites for hydroxylation is 2. The normalized spacial score (nSPS) is 11.4. The van der Waals surface area contributed by atoms with Gasteiger partial charge in [0.25, 0.3) is 10.0 Å². The monoisotopic (exact) mass is 329 g/mol. The summed E-state index contributed by atoms with van der Waals surface area (Å²) in [6.45, 7) is 3.81. The van der Waals surface area contributed by atoms with E-state index in [2.05, 4.69) is 4.72 Å². The number of benzene rings is 2. The Bertz CT molecular complexity index is 738. The van der Waals surface area contributed by atoms with Gasteiger partial charge >= 0.3 is 0 Å². The van der Waals surface area contributed by atoms with Gasteiger partial charge in [0, 0.05) is 5.69 Å². The molecule has 0 aromatic heterocycles. The summed E-state index contributed by atoms with van der Waals surface area (Å²) in [6.07, 6.45) is 0. The zero-order chi connectivity index (χ0) is 14.9. The van der Waals surface area contributed by atoms with Gasteiger partial charge < -0.3 is 0 Å². The molecule has 0 saturated heterocycles. The van der Waals surface area contributed by atoms with Crippen molar-refractivity contribution in [1.82, 2.24) is 0 Å². The molecule has 3 nitrogen and oxygen atoms in total. The summed E-state index contributed by atoms with van der Waals surface area (Å²) in [7, 11) is -3.68. The number of hydrogen-bond acceptors (Lipinski definition) is 2. The molecule has 0 atom stereocenters. The number of anilines is 1. The molecular weight excluding hydrogens is 317 g/mol. The summed E-state index contributed by atoms with van der Waals surface area (Å²) < 4.78 is 27.1. The Balaban J connectivity index is 2.37. The van der Waals surface area contributed by atoms with Crippen LogP contribution in [0.25, 0.3) is 0 Å². The van der Waals surface area contributed by atoms with E-state index in [0.29, 0.717) is 10.7 Å². The third-order valence-electron chi connectivity index (χ3n) is 2.68. The van der Waals surface area contributed by atoms with Crippen molar-refractivity contribution in [2.24, 2.45) is 0 Å². The predicted molar refractivity (Wildman–Crippen MR) is 83.2 cm³/mol. The second-order valence-electron chi connectivity index (χ2n) is 4.56. The fourth-order valence-corrected chi connectivity index (χ4v) is 3.32. The minimum atomic E-state index is -3.68. The van der Waals surface area contributed by atoms with Gasteiger partial charge in [-0.25, -0.2) is 8.42 Å². The number of halogens is 2. The molecule has 2 aromatic carbocycles.